The Morgan fingerprint density at radius 3 is 2.29 bits per heavy atom. The van der Waals surface area contributed by atoms with E-state index in [0.717, 1.165) is 10.2 Å². The van der Waals surface area contributed by atoms with Gasteiger partial charge in [0.2, 0.25) is 0 Å². The molecule has 6 nitrogen and oxygen atoms in total. The number of benzene rings is 2. The number of pyridine rings is 1. The molecule has 0 atom stereocenters. The quantitative estimate of drug-likeness (QED) is 0.587. The number of hydrogen-bond acceptors (Lipinski definition) is 4. The second-order valence-corrected chi connectivity index (χ2v) is 8.80. The van der Waals surface area contributed by atoms with Crippen LogP contribution in [-0.2, 0) is 10.0 Å². The maximum atomic E-state index is 12.8. The average molecular weight is 460 g/mol. The molecule has 0 aliphatic carbocycles. The number of amides is 1. The molecular formula is C20H18BrN3O3S. The van der Waals surface area contributed by atoms with Crippen LogP contribution in [0, 0.1) is 13.8 Å². The summed E-state index contributed by atoms with van der Waals surface area (Å²) in [6.45, 7) is 3.53. The lowest BCUT2D eigenvalue weighted by molar-refractivity contribution is 0.102. The SMILES string of the molecule is Cc1ccc(C(=O)Nc2ccc(C)c(S(=O)(=O)Nc3ccc(Br)cc3)c2)cn1. The number of halogens is 1. The smallest absolute Gasteiger partial charge is 0.262 e. The fourth-order valence-corrected chi connectivity index (χ4v) is 4.10. The largest absolute Gasteiger partial charge is 0.322 e. The fraction of sp³-hybridized carbons (Fsp3) is 0.100. The molecule has 2 aromatic carbocycles. The molecule has 28 heavy (non-hydrogen) atoms. The lowest BCUT2D eigenvalue weighted by Crippen LogP contribution is -2.16. The first-order chi connectivity index (χ1) is 13.2. The van der Waals surface area contributed by atoms with Gasteiger partial charge in [0.25, 0.3) is 15.9 Å². The van der Waals surface area contributed by atoms with Gasteiger partial charge in [-0.25, -0.2) is 8.42 Å². The van der Waals surface area contributed by atoms with Gasteiger partial charge in [-0.3, -0.25) is 14.5 Å². The average Bonchev–Trinajstić information content (AvgIpc) is 2.65. The maximum Gasteiger partial charge on any atom is 0.262 e. The zero-order valence-electron chi connectivity index (χ0n) is 15.2. The lowest BCUT2D eigenvalue weighted by Gasteiger charge is -2.13. The van der Waals surface area contributed by atoms with Gasteiger partial charge in [0.05, 0.1) is 10.5 Å². The van der Waals surface area contributed by atoms with Crippen LogP contribution in [0.1, 0.15) is 21.6 Å². The van der Waals surface area contributed by atoms with Crippen LogP contribution in [0.3, 0.4) is 0 Å². The van der Waals surface area contributed by atoms with Crippen LogP contribution in [0.5, 0.6) is 0 Å². The predicted octanol–water partition coefficient (Wildman–Crippen LogP) is 4.51. The van der Waals surface area contributed by atoms with Gasteiger partial charge in [-0.15, -0.1) is 0 Å². The van der Waals surface area contributed by atoms with Gasteiger partial charge >= 0.3 is 0 Å². The predicted molar refractivity (Wildman–Crippen MR) is 113 cm³/mol. The highest BCUT2D eigenvalue weighted by Crippen LogP contribution is 2.24. The molecule has 8 heteroatoms. The van der Waals surface area contributed by atoms with Gasteiger partial charge in [0, 0.05) is 27.7 Å². The molecule has 0 saturated carbocycles. The van der Waals surface area contributed by atoms with Crippen LogP contribution >= 0.6 is 15.9 Å². The number of aromatic nitrogens is 1. The third-order valence-electron chi connectivity index (χ3n) is 4.01. The Kier molecular flexibility index (Phi) is 5.81. The number of nitrogens with zero attached hydrogens (tertiary/aromatic N) is 1. The van der Waals surface area contributed by atoms with Crippen molar-refractivity contribution < 1.29 is 13.2 Å². The number of sulfonamides is 1. The topological polar surface area (TPSA) is 88.2 Å². The highest BCUT2D eigenvalue weighted by Gasteiger charge is 2.18. The normalized spacial score (nSPS) is 11.1. The van der Waals surface area contributed by atoms with Crippen molar-refractivity contribution in [1.29, 1.82) is 0 Å². The Labute approximate surface area is 172 Å². The standard InChI is InChI=1S/C20H18BrN3O3S/c1-13-3-8-18(23-20(25)15-5-4-14(2)22-12-15)11-19(13)28(26,27)24-17-9-6-16(21)7-10-17/h3-12,24H,1-2H3,(H,23,25). The number of anilines is 2. The summed E-state index contributed by atoms with van der Waals surface area (Å²) in [5.74, 6) is -0.361. The minimum atomic E-state index is -3.81. The van der Waals surface area contributed by atoms with Crippen molar-refractivity contribution in [1.82, 2.24) is 4.98 Å². The Morgan fingerprint density at radius 1 is 0.964 bits per heavy atom. The first-order valence-corrected chi connectivity index (χ1v) is 10.7. The van der Waals surface area contributed by atoms with Crippen LogP contribution in [0.2, 0.25) is 0 Å². The maximum absolute atomic E-state index is 12.8. The van der Waals surface area contributed by atoms with E-state index in [4.69, 9.17) is 0 Å². The molecular weight excluding hydrogens is 442 g/mol. The third-order valence-corrected chi connectivity index (χ3v) is 6.06. The summed E-state index contributed by atoms with van der Waals surface area (Å²) < 4.78 is 29.0. The summed E-state index contributed by atoms with van der Waals surface area (Å²) >= 11 is 3.32. The van der Waals surface area contributed by atoms with Gasteiger partial charge in [0.1, 0.15) is 0 Å². The van der Waals surface area contributed by atoms with Crippen molar-refractivity contribution in [2.75, 3.05) is 10.0 Å². The molecule has 0 bridgehead atoms. The number of carbonyl (C=O) groups is 1. The van der Waals surface area contributed by atoms with E-state index in [1.54, 1.807) is 55.5 Å². The fourth-order valence-electron chi connectivity index (χ4n) is 2.50. The number of rotatable bonds is 5. The van der Waals surface area contributed by atoms with E-state index < -0.39 is 10.0 Å². The van der Waals surface area contributed by atoms with E-state index >= 15 is 0 Å². The van der Waals surface area contributed by atoms with E-state index in [1.165, 1.54) is 12.3 Å². The van der Waals surface area contributed by atoms with E-state index in [2.05, 4.69) is 31.0 Å². The zero-order chi connectivity index (χ0) is 20.3. The molecule has 0 aliphatic rings. The van der Waals surface area contributed by atoms with Crippen molar-refractivity contribution in [3.63, 3.8) is 0 Å². The molecule has 0 unspecified atom stereocenters. The highest BCUT2D eigenvalue weighted by molar-refractivity contribution is 9.10. The second kappa shape index (κ2) is 8.12. The van der Waals surface area contributed by atoms with Gasteiger partial charge in [-0.05, 0) is 67.9 Å². The third kappa shape index (κ3) is 4.76. The first kappa shape index (κ1) is 20.0. The molecule has 0 radical (unpaired) electrons. The Morgan fingerprint density at radius 2 is 1.64 bits per heavy atom. The van der Waals surface area contributed by atoms with Crippen molar-refractivity contribution in [2.24, 2.45) is 0 Å². The molecule has 1 amide bonds. The van der Waals surface area contributed by atoms with Gasteiger partial charge < -0.3 is 5.32 Å². The highest BCUT2D eigenvalue weighted by atomic mass is 79.9. The van der Waals surface area contributed by atoms with Crippen LogP contribution in [0.15, 0.2) is 70.2 Å². The molecule has 3 rings (SSSR count). The zero-order valence-corrected chi connectivity index (χ0v) is 17.6. The van der Waals surface area contributed by atoms with Gasteiger partial charge in [0.15, 0.2) is 0 Å². The summed E-state index contributed by atoms with van der Waals surface area (Å²) in [4.78, 5) is 16.6. The van der Waals surface area contributed by atoms with Crippen LogP contribution < -0.4 is 10.0 Å². The number of aryl methyl sites for hydroxylation is 2. The molecule has 0 fully saturated rings. The van der Waals surface area contributed by atoms with Crippen LogP contribution in [-0.4, -0.2) is 19.3 Å². The molecule has 1 aromatic heterocycles. The molecule has 1 heterocycles. The van der Waals surface area contributed by atoms with Crippen LogP contribution in [0.25, 0.3) is 0 Å². The Bertz CT molecular complexity index is 1110. The van der Waals surface area contributed by atoms with Gasteiger partial charge in [-0.2, -0.15) is 0 Å². The summed E-state index contributed by atoms with van der Waals surface area (Å²) in [6.07, 6.45) is 1.48. The van der Waals surface area contributed by atoms with Crippen molar-refractivity contribution >= 4 is 43.2 Å². The summed E-state index contributed by atoms with van der Waals surface area (Å²) in [6, 6.07) is 15.0. The minimum Gasteiger partial charge on any atom is -0.322 e. The Balaban J connectivity index is 1.85. The monoisotopic (exact) mass is 459 g/mol. The second-order valence-electron chi connectivity index (χ2n) is 6.24. The van der Waals surface area contributed by atoms with Gasteiger partial charge in [-0.1, -0.05) is 22.0 Å². The molecule has 0 saturated heterocycles. The number of carbonyl (C=O) groups excluding carboxylic acids is 1. The van der Waals surface area contributed by atoms with E-state index in [0.29, 0.717) is 22.5 Å². The van der Waals surface area contributed by atoms with E-state index in [-0.39, 0.29) is 10.8 Å². The molecule has 2 N–H and O–H groups in total. The minimum absolute atomic E-state index is 0.0928. The first-order valence-electron chi connectivity index (χ1n) is 8.38. The lowest BCUT2D eigenvalue weighted by atomic mass is 10.2. The van der Waals surface area contributed by atoms with Crippen molar-refractivity contribution in [3.05, 3.63) is 82.1 Å². The summed E-state index contributed by atoms with van der Waals surface area (Å²) in [5, 5.41) is 2.71. The number of hydrogen-bond donors (Lipinski definition) is 2. The molecule has 0 spiro atoms. The van der Waals surface area contributed by atoms with Crippen LogP contribution in [0.4, 0.5) is 11.4 Å². The Hall–Kier alpha value is -2.71. The molecule has 0 aliphatic heterocycles. The molecule has 3 aromatic rings. The van der Waals surface area contributed by atoms with E-state index in [1.807, 2.05) is 6.92 Å². The summed E-state index contributed by atoms with van der Waals surface area (Å²) in [7, 11) is -3.81. The van der Waals surface area contributed by atoms with E-state index in [9.17, 15) is 13.2 Å². The molecule has 144 valence electrons. The summed E-state index contributed by atoms with van der Waals surface area (Å²) in [5.41, 5.74) is 2.59. The number of nitrogens with one attached hydrogen (secondary N) is 2. The van der Waals surface area contributed by atoms with Crippen molar-refractivity contribution in [3.8, 4) is 0 Å². The van der Waals surface area contributed by atoms with Crippen molar-refractivity contribution in [2.45, 2.75) is 18.7 Å².